The second-order valence-electron chi connectivity index (χ2n) is 2.33. The minimum atomic E-state index is -0.638. The van der Waals surface area contributed by atoms with Crippen LogP contribution in [0, 0.1) is 11.8 Å². The number of nitrogens with two attached hydrogens (primary N) is 1. The van der Waals surface area contributed by atoms with Gasteiger partial charge in [-0.05, 0) is 12.0 Å². The third kappa shape index (κ3) is 2.64. The van der Waals surface area contributed by atoms with Gasteiger partial charge < -0.3 is 10.5 Å². The first-order chi connectivity index (χ1) is 6.63. The minimum absolute atomic E-state index is 0.305. The molecule has 0 atom stereocenters. The lowest BCUT2D eigenvalue weighted by Gasteiger charge is -1.96. The fourth-order valence-electron chi connectivity index (χ4n) is 0.721. The summed E-state index contributed by atoms with van der Waals surface area (Å²) in [5.41, 5.74) is 6.18. The molecule has 0 spiro atoms. The summed E-state index contributed by atoms with van der Waals surface area (Å²) in [4.78, 5) is 14.5. The number of hydrogen-bond acceptors (Lipinski definition) is 4. The first kappa shape index (κ1) is 10.4. The molecule has 0 aliphatic carbocycles. The molecule has 0 bridgehead atoms. The van der Waals surface area contributed by atoms with E-state index >= 15 is 0 Å². The highest BCUT2D eigenvalue weighted by atomic mass is 35.5. The summed E-state index contributed by atoms with van der Waals surface area (Å²) in [5, 5.41) is 0.422. The zero-order chi connectivity index (χ0) is 10.6. The largest absolute Gasteiger partial charge is 0.459 e. The SMILES string of the molecule is COC(=O)C#Cc1ncc(Cl)cc1N. The number of nitrogens with zero attached hydrogens (tertiary/aromatic N) is 1. The van der Waals surface area contributed by atoms with Crippen LogP contribution in [0.5, 0.6) is 0 Å². The Balaban J connectivity index is 2.96. The zero-order valence-electron chi connectivity index (χ0n) is 7.37. The van der Waals surface area contributed by atoms with Gasteiger partial charge in [-0.1, -0.05) is 11.6 Å². The molecule has 0 saturated carbocycles. The molecule has 2 N–H and O–H groups in total. The number of nitrogen functional groups attached to an aromatic ring is 1. The number of rotatable bonds is 0. The van der Waals surface area contributed by atoms with Crippen molar-refractivity contribution in [3.63, 3.8) is 0 Å². The highest BCUT2D eigenvalue weighted by Crippen LogP contribution is 2.13. The molecule has 0 saturated heterocycles. The summed E-state index contributed by atoms with van der Waals surface area (Å²) >= 11 is 5.62. The molecule has 5 heteroatoms. The van der Waals surface area contributed by atoms with Gasteiger partial charge in [0.15, 0.2) is 0 Å². The predicted octanol–water partition coefficient (Wildman–Crippen LogP) is 0.842. The Bertz CT molecular complexity index is 421. The fraction of sp³-hybridized carbons (Fsp3) is 0.111. The first-order valence-electron chi connectivity index (χ1n) is 3.64. The molecule has 0 aliphatic heterocycles. The Kier molecular flexibility index (Phi) is 3.32. The lowest BCUT2D eigenvalue weighted by atomic mass is 10.3. The van der Waals surface area contributed by atoms with Gasteiger partial charge in [0.05, 0.1) is 17.8 Å². The Morgan fingerprint density at radius 2 is 2.43 bits per heavy atom. The van der Waals surface area contributed by atoms with Crippen LogP contribution in [0.4, 0.5) is 5.69 Å². The van der Waals surface area contributed by atoms with Crippen molar-refractivity contribution < 1.29 is 9.53 Å². The number of carbonyl (C=O) groups is 1. The van der Waals surface area contributed by atoms with Crippen LogP contribution in [0.15, 0.2) is 12.3 Å². The van der Waals surface area contributed by atoms with E-state index in [2.05, 4.69) is 21.6 Å². The van der Waals surface area contributed by atoms with Crippen LogP contribution in [0.2, 0.25) is 5.02 Å². The van der Waals surface area contributed by atoms with Crippen molar-refractivity contribution in [1.29, 1.82) is 0 Å². The van der Waals surface area contributed by atoms with E-state index in [0.717, 1.165) is 0 Å². The number of pyridine rings is 1. The number of esters is 1. The quantitative estimate of drug-likeness (QED) is 0.509. The van der Waals surface area contributed by atoms with E-state index in [1.807, 2.05) is 0 Å². The highest BCUT2D eigenvalue weighted by Gasteiger charge is 1.98. The normalized spacial score (nSPS) is 8.71. The summed E-state index contributed by atoms with van der Waals surface area (Å²) in [6, 6.07) is 1.51. The average molecular weight is 211 g/mol. The van der Waals surface area contributed by atoms with E-state index in [-0.39, 0.29) is 0 Å². The van der Waals surface area contributed by atoms with Crippen molar-refractivity contribution in [3.8, 4) is 11.8 Å². The smallest absolute Gasteiger partial charge is 0.384 e. The highest BCUT2D eigenvalue weighted by molar-refractivity contribution is 6.30. The molecule has 72 valence electrons. The summed E-state index contributed by atoms with van der Waals surface area (Å²) in [6.45, 7) is 0. The van der Waals surface area contributed by atoms with Crippen LogP contribution in [0.3, 0.4) is 0 Å². The van der Waals surface area contributed by atoms with Gasteiger partial charge in [-0.25, -0.2) is 9.78 Å². The fourth-order valence-corrected chi connectivity index (χ4v) is 0.887. The molecule has 1 aromatic heterocycles. The molecule has 0 fully saturated rings. The zero-order valence-corrected chi connectivity index (χ0v) is 8.13. The molecule has 0 radical (unpaired) electrons. The van der Waals surface area contributed by atoms with Crippen LogP contribution < -0.4 is 5.73 Å². The summed E-state index contributed by atoms with van der Waals surface area (Å²) in [5.74, 6) is 4.05. The van der Waals surface area contributed by atoms with Gasteiger partial charge in [0.25, 0.3) is 0 Å². The number of carbonyl (C=O) groups excluding carboxylic acids is 1. The van der Waals surface area contributed by atoms with Crippen molar-refractivity contribution in [2.45, 2.75) is 0 Å². The lowest BCUT2D eigenvalue weighted by Crippen LogP contribution is -1.97. The molecule has 0 aliphatic rings. The molecule has 1 aromatic rings. The van der Waals surface area contributed by atoms with Crippen LogP contribution in [-0.4, -0.2) is 18.1 Å². The third-order valence-corrected chi connectivity index (χ3v) is 1.56. The second-order valence-corrected chi connectivity index (χ2v) is 2.77. The van der Waals surface area contributed by atoms with E-state index < -0.39 is 5.97 Å². The number of halogens is 1. The molecule has 4 nitrogen and oxygen atoms in total. The van der Waals surface area contributed by atoms with Gasteiger partial charge in [0, 0.05) is 12.1 Å². The number of methoxy groups -OCH3 is 1. The van der Waals surface area contributed by atoms with Crippen LogP contribution in [0.1, 0.15) is 5.69 Å². The lowest BCUT2D eigenvalue weighted by molar-refractivity contribution is -0.133. The van der Waals surface area contributed by atoms with E-state index in [1.54, 1.807) is 0 Å². The summed E-state index contributed by atoms with van der Waals surface area (Å²) in [6.07, 6.45) is 1.40. The van der Waals surface area contributed by atoms with E-state index in [9.17, 15) is 4.79 Å². The van der Waals surface area contributed by atoms with Gasteiger partial charge in [-0.15, -0.1) is 0 Å². The van der Waals surface area contributed by atoms with Crippen molar-refractivity contribution in [3.05, 3.63) is 23.0 Å². The maximum Gasteiger partial charge on any atom is 0.384 e. The monoisotopic (exact) mass is 210 g/mol. The van der Waals surface area contributed by atoms with Crippen molar-refractivity contribution in [1.82, 2.24) is 4.98 Å². The van der Waals surface area contributed by atoms with Crippen molar-refractivity contribution in [2.24, 2.45) is 0 Å². The van der Waals surface area contributed by atoms with Gasteiger partial charge in [0.2, 0.25) is 0 Å². The van der Waals surface area contributed by atoms with Gasteiger partial charge in [0.1, 0.15) is 5.69 Å². The summed E-state index contributed by atoms with van der Waals surface area (Å²) in [7, 11) is 1.25. The first-order valence-corrected chi connectivity index (χ1v) is 4.02. The maximum absolute atomic E-state index is 10.7. The standard InChI is InChI=1S/C9H7ClN2O2/c1-14-9(13)3-2-8-7(11)4-6(10)5-12-8/h4-5H,11H2,1H3. The third-order valence-electron chi connectivity index (χ3n) is 1.35. The number of anilines is 1. The molecule has 1 heterocycles. The van der Waals surface area contributed by atoms with Crippen LogP contribution >= 0.6 is 11.6 Å². The Labute approximate surface area is 86.0 Å². The van der Waals surface area contributed by atoms with E-state index in [1.165, 1.54) is 19.4 Å². The van der Waals surface area contributed by atoms with Gasteiger partial charge in [-0.3, -0.25) is 0 Å². The average Bonchev–Trinajstić information content (AvgIpc) is 2.16. The van der Waals surface area contributed by atoms with Crippen LogP contribution in [-0.2, 0) is 9.53 Å². The maximum atomic E-state index is 10.7. The Morgan fingerprint density at radius 1 is 1.71 bits per heavy atom. The Hall–Kier alpha value is -1.73. The molecule has 14 heavy (non-hydrogen) atoms. The van der Waals surface area contributed by atoms with E-state index in [0.29, 0.717) is 16.4 Å². The van der Waals surface area contributed by atoms with Crippen molar-refractivity contribution in [2.75, 3.05) is 12.8 Å². The van der Waals surface area contributed by atoms with Crippen molar-refractivity contribution >= 4 is 23.3 Å². The Morgan fingerprint density at radius 3 is 3.00 bits per heavy atom. The van der Waals surface area contributed by atoms with E-state index in [4.69, 9.17) is 17.3 Å². The predicted molar refractivity (Wildman–Crippen MR) is 52.6 cm³/mol. The molecular formula is C9H7ClN2O2. The van der Waals surface area contributed by atoms with Gasteiger partial charge in [-0.2, -0.15) is 0 Å². The molecule has 0 aromatic carbocycles. The topological polar surface area (TPSA) is 65.2 Å². The second kappa shape index (κ2) is 4.49. The molecule has 1 rings (SSSR count). The number of hydrogen-bond donors (Lipinski definition) is 1. The number of ether oxygens (including phenoxy) is 1. The van der Waals surface area contributed by atoms with Gasteiger partial charge >= 0.3 is 5.97 Å². The summed E-state index contributed by atoms with van der Waals surface area (Å²) < 4.78 is 4.33. The molecule has 0 unspecified atom stereocenters. The molecule has 0 amide bonds. The minimum Gasteiger partial charge on any atom is -0.459 e. The number of aromatic nitrogens is 1. The molecular weight excluding hydrogens is 204 g/mol. The van der Waals surface area contributed by atoms with Crippen LogP contribution in [0.25, 0.3) is 0 Å².